The zero-order valence-corrected chi connectivity index (χ0v) is 9.73. The maximum absolute atomic E-state index is 11.2. The summed E-state index contributed by atoms with van der Waals surface area (Å²) in [6.07, 6.45) is 2.69. The maximum atomic E-state index is 11.2. The van der Waals surface area contributed by atoms with E-state index in [9.17, 15) is 9.13 Å². The van der Waals surface area contributed by atoms with Crippen LogP contribution in [0.5, 0.6) is 0 Å². The number of hydrogen-bond donors (Lipinski definition) is 5. The smallest absolute Gasteiger partial charge is 0.322 e. The molecule has 1 aliphatic rings. The molecule has 1 unspecified atom stereocenters. The van der Waals surface area contributed by atoms with Crippen LogP contribution in [0.15, 0.2) is 12.2 Å². The van der Waals surface area contributed by atoms with Crippen molar-refractivity contribution in [2.24, 2.45) is 0 Å². The van der Waals surface area contributed by atoms with Gasteiger partial charge in [-0.15, -0.1) is 0 Å². The van der Waals surface area contributed by atoms with Crippen LogP contribution < -0.4 is 5.32 Å². The van der Waals surface area contributed by atoms with Gasteiger partial charge in [0.2, 0.25) is 5.02 Å². The Morgan fingerprint density at radius 1 is 1.27 bits per heavy atom. The Kier molecular flexibility index (Phi) is 3.30. The Bertz CT molecular complexity index is 346. The molecule has 1 atom stereocenters. The molecular formula is C6H13NO6P2. The number of nitrogens with one attached hydrogen (secondary N) is 1. The third kappa shape index (κ3) is 2.24. The minimum absolute atomic E-state index is 0.407. The van der Waals surface area contributed by atoms with E-state index in [1.54, 1.807) is 6.92 Å². The molecule has 1 heterocycles. The van der Waals surface area contributed by atoms with Crippen molar-refractivity contribution in [3.8, 4) is 0 Å². The summed E-state index contributed by atoms with van der Waals surface area (Å²) >= 11 is 0. The van der Waals surface area contributed by atoms with Crippen LogP contribution in [0.3, 0.4) is 0 Å². The van der Waals surface area contributed by atoms with Gasteiger partial charge in [0.15, 0.2) is 0 Å². The molecule has 5 N–H and O–H groups in total. The van der Waals surface area contributed by atoms with Crippen LogP contribution in [-0.2, 0) is 9.13 Å². The molecule has 7 nitrogen and oxygen atoms in total. The fourth-order valence-electron chi connectivity index (χ4n) is 1.44. The van der Waals surface area contributed by atoms with Crippen molar-refractivity contribution in [3.05, 3.63) is 12.2 Å². The molecule has 0 radical (unpaired) electrons. The molecule has 1 rings (SSSR count). The normalized spacial score (nSPS) is 26.6. The standard InChI is InChI=1S/C6H13NO6P2/c1-5-3-2-4-6(7-5,14(8,9)10)15(11,12)13/h2,4-5,7H,3H2,1H3,(H2,8,9,10)(H2,11,12,13). The van der Waals surface area contributed by atoms with Crippen LogP contribution in [0.4, 0.5) is 0 Å². The van der Waals surface area contributed by atoms with Gasteiger partial charge in [0.1, 0.15) is 0 Å². The summed E-state index contributed by atoms with van der Waals surface area (Å²) in [5.74, 6) is 0. The highest BCUT2D eigenvalue weighted by Crippen LogP contribution is 2.68. The summed E-state index contributed by atoms with van der Waals surface area (Å²) in [5, 5.41) is -0.275. The van der Waals surface area contributed by atoms with Crippen molar-refractivity contribution >= 4 is 15.2 Å². The van der Waals surface area contributed by atoms with Gasteiger partial charge in [-0.1, -0.05) is 6.08 Å². The lowest BCUT2D eigenvalue weighted by Gasteiger charge is -2.37. The SMILES string of the molecule is CC1CC=CC(P(=O)(O)O)(P(=O)(O)O)N1. The average molecular weight is 257 g/mol. The quantitative estimate of drug-likeness (QED) is 0.346. The zero-order chi connectivity index (χ0) is 11.9. The minimum Gasteiger partial charge on any atom is -0.322 e. The zero-order valence-electron chi connectivity index (χ0n) is 7.94. The van der Waals surface area contributed by atoms with E-state index in [0.29, 0.717) is 6.42 Å². The Hall–Kier alpha value is -0.0000000000000000694. The second kappa shape index (κ2) is 3.79. The molecule has 0 aromatic carbocycles. The molecule has 1 aliphatic heterocycles. The fraction of sp³-hybridized carbons (Fsp3) is 0.667. The Labute approximate surface area is 86.5 Å². The van der Waals surface area contributed by atoms with Gasteiger partial charge in [-0.3, -0.25) is 14.4 Å². The van der Waals surface area contributed by atoms with Crippen LogP contribution in [0.2, 0.25) is 0 Å². The van der Waals surface area contributed by atoms with E-state index in [1.807, 2.05) is 0 Å². The Morgan fingerprint density at radius 3 is 2.00 bits per heavy atom. The lowest BCUT2D eigenvalue weighted by Crippen LogP contribution is -2.49. The molecule has 0 saturated carbocycles. The third-order valence-corrected chi connectivity index (χ3v) is 6.08. The van der Waals surface area contributed by atoms with E-state index in [1.165, 1.54) is 6.08 Å². The van der Waals surface area contributed by atoms with Crippen molar-refractivity contribution in [2.45, 2.75) is 24.4 Å². The Morgan fingerprint density at radius 2 is 1.73 bits per heavy atom. The molecule has 0 amide bonds. The van der Waals surface area contributed by atoms with E-state index in [0.717, 1.165) is 6.08 Å². The summed E-state index contributed by atoms with van der Waals surface area (Å²) in [6, 6.07) is -0.407. The minimum atomic E-state index is -4.99. The first-order chi connectivity index (χ1) is 6.60. The highest BCUT2D eigenvalue weighted by atomic mass is 31.2. The third-order valence-electron chi connectivity index (χ3n) is 2.19. The Balaban J connectivity index is 3.33. The van der Waals surface area contributed by atoms with E-state index in [-0.39, 0.29) is 0 Å². The second-order valence-corrected chi connectivity index (χ2v) is 7.44. The molecule has 0 fully saturated rings. The van der Waals surface area contributed by atoms with Crippen LogP contribution in [0.25, 0.3) is 0 Å². The summed E-state index contributed by atoms with van der Waals surface area (Å²) in [5.41, 5.74) is 0. The molecule has 0 aromatic rings. The lowest BCUT2D eigenvalue weighted by molar-refractivity contribution is 0.293. The van der Waals surface area contributed by atoms with Crippen molar-refractivity contribution < 1.29 is 28.7 Å². The van der Waals surface area contributed by atoms with E-state index < -0.39 is 26.3 Å². The molecule has 9 heteroatoms. The van der Waals surface area contributed by atoms with Gasteiger partial charge in [0.05, 0.1) is 0 Å². The second-order valence-electron chi connectivity index (χ2n) is 3.50. The molecule has 0 bridgehead atoms. The van der Waals surface area contributed by atoms with Crippen LogP contribution in [0, 0.1) is 0 Å². The van der Waals surface area contributed by atoms with Crippen molar-refractivity contribution in [3.63, 3.8) is 0 Å². The molecule has 88 valence electrons. The first-order valence-corrected chi connectivity index (χ1v) is 7.39. The van der Waals surface area contributed by atoms with Gasteiger partial charge in [0.25, 0.3) is 0 Å². The highest BCUT2D eigenvalue weighted by Gasteiger charge is 2.59. The summed E-state index contributed by atoms with van der Waals surface area (Å²) in [4.78, 5) is 36.2. The van der Waals surface area contributed by atoms with Gasteiger partial charge < -0.3 is 19.6 Å². The molecule has 0 aliphatic carbocycles. The number of rotatable bonds is 2. The van der Waals surface area contributed by atoms with E-state index >= 15 is 0 Å². The van der Waals surface area contributed by atoms with Crippen LogP contribution in [-0.4, -0.2) is 30.6 Å². The van der Waals surface area contributed by atoms with Gasteiger partial charge in [-0.05, 0) is 19.4 Å². The first-order valence-electron chi connectivity index (χ1n) is 4.17. The van der Waals surface area contributed by atoms with E-state index in [4.69, 9.17) is 19.6 Å². The van der Waals surface area contributed by atoms with E-state index in [2.05, 4.69) is 5.32 Å². The molecule has 0 spiro atoms. The molecule has 0 aromatic heterocycles. The van der Waals surface area contributed by atoms with Gasteiger partial charge >= 0.3 is 15.2 Å². The van der Waals surface area contributed by atoms with Crippen molar-refractivity contribution in [1.82, 2.24) is 5.32 Å². The van der Waals surface area contributed by atoms with Crippen LogP contribution in [0.1, 0.15) is 13.3 Å². The first kappa shape index (κ1) is 13.1. The summed E-state index contributed by atoms with van der Waals surface area (Å²) in [7, 11) is -9.98. The topological polar surface area (TPSA) is 127 Å². The summed E-state index contributed by atoms with van der Waals surface area (Å²) in [6.45, 7) is 1.59. The molecule has 15 heavy (non-hydrogen) atoms. The van der Waals surface area contributed by atoms with Crippen molar-refractivity contribution in [2.75, 3.05) is 0 Å². The van der Waals surface area contributed by atoms with Crippen molar-refractivity contribution in [1.29, 1.82) is 0 Å². The van der Waals surface area contributed by atoms with Crippen LogP contribution >= 0.6 is 15.2 Å². The predicted molar refractivity (Wildman–Crippen MR) is 53.2 cm³/mol. The predicted octanol–water partition coefficient (Wildman–Crippen LogP) is -0.0664. The maximum Gasteiger partial charge on any atom is 0.361 e. The average Bonchev–Trinajstić information content (AvgIpc) is 1.99. The van der Waals surface area contributed by atoms with Gasteiger partial charge in [-0.25, -0.2) is 0 Å². The van der Waals surface area contributed by atoms with Gasteiger partial charge in [-0.2, -0.15) is 0 Å². The lowest BCUT2D eigenvalue weighted by atomic mass is 10.2. The molecule has 0 saturated heterocycles. The largest absolute Gasteiger partial charge is 0.361 e. The molecular weight excluding hydrogens is 244 g/mol. The van der Waals surface area contributed by atoms with Gasteiger partial charge in [0, 0.05) is 6.04 Å². The summed E-state index contributed by atoms with van der Waals surface area (Å²) < 4.78 is 22.4. The monoisotopic (exact) mass is 257 g/mol. The fourth-order valence-corrected chi connectivity index (χ4v) is 4.17. The highest BCUT2D eigenvalue weighted by molar-refractivity contribution is 7.72. The number of hydrogen-bond acceptors (Lipinski definition) is 3.